The molecule has 1 aliphatic heterocycles. The van der Waals surface area contributed by atoms with Crippen LogP contribution < -0.4 is 10.6 Å². The summed E-state index contributed by atoms with van der Waals surface area (Å²) >= 11 is 0. The molecule has 1 aliphatic rings. The average molecular weight is 220 g/mol. The van der Waals surface area contributed by atoms with Crippen molar-refractivity contribution in [3.63, 3.8) is 0 Å². The minimum atomic E-state index is -0.0517. The standard InChI is InChI=1S/C11H16N4O/c1-7-5-10(8(2)15-14-7)11(16)13-9-3-4-12-6-9/h5,9,12H,3-4,6H2,1-2H3,(H,13,16)/t9-/m1/s1. The van der Waals surface area contributed by atoms with Gasteiger partial charge in [-0.05, 0) is 32.9 Å². The second-order valence-corrected chi connectivity index (χ2v) is 4.15. The van der Waals surface area contributed by atoms with Gasteiger partial charge in [-0.1, -0.05) is 0 Å². The first-order valence-electron chi connectivity index (χ1n) is 5.49. The summed E-state index contributed by atoms with van der Waals surface area (Å²) in [6.45, 7) is 5.45. The van der Waals surface area contributed by atoms with E-state index >= 15 is 0 Å². The largest absolute Gasteiger partial charge is 0.348 e. The van der Waals surface area contributed by atoms with E-state index in [1.165, 1.54) is 0 Å². The Balaban J connectivity index is 2.10. The molecule has 2 rings (SSSR count). The maximum Gasteiger partial charge on any atom is 0.253 e. The molecule has 2 heterocycles. The molecule has 0 bridgehead atoms. The highest BCUT2D eigenvalue weighted by Crippen LogP contribution is 2.06. The first-order valence-corrected chi connectivity index (χ1v) is 5.49. The molecule has 1 fully saturated rings. The monoisotopic (exact) mass is 220 g/mol. The van der Waals surface area contributed by atoms with Crippen LogP contribution in [-0.2, 0) is 0 Å². The SMILES string of the molecule is Cc1cc(C(=O)N[C@@H]2CCNC2)c(C)nn1. The maximum atomic E-state index is 12.0. The third-order valence-corrected chi connectivity index (χ3v) is 2.74. The number of aryl methyl sites for hydroxylation is 2. The predicted octanol–water partition coefficient (Wildman–Crippen LogP) is 0.185. The lowest BCUT2D eigenvalue weighted by Crippen LogP contribution is -2.36. The van der Waals surface area contributed by atoms with Crippen molar-refractivity contribution in [2.24, 2.45) is 0 Å². The van der Waals surface area contributed by atoms with Crippen LogP contribution in [0.3, 0.4) is 0 Å². The first-order chi connectivity index (χ1) is 7.66. The highest BCUT2D eigenvalue weighted by Gasteiger charge is 2.19. The molecule has 1 atom stereocenters. The fourth-order valence-corrected chi connectivity index (χ4v) is 1.82. The number of nitrogens with zero attached hydrogens (tertiary/aromatic N) is 2. The van der Waals surface area contributed by atoms with Crippen molar-refractivity contribution in [1.29, 1.82) is 0 Å². The Morgan fingerprint density at radius 3 is 3.00 bits per heavy atom. The van der Waals surface area contributed by atoms with Crippen molar-refractivity contribution in [2.75, 3.05) is 13.1 Å². The lowest BCUT2D eigenvalue weighted by atomic mass is 10.1. The Labute approximate surface area is 94.6 Å². The van der Waals surface area contributed by atoms with Crippen molar-refractivity contribution >= 4 is 5.91 Å². The van der Waals surface area contributed by atoms with Gasteiger partial charge in [-0.3, -0.25) is 4.79 Å². The summed E-state index contributed by atoms with van der Waals surface area (Å²) in [4.78, 5) is 12.0. The smallest absolute Gasteiger partial charge is 0.253 e. The molecule has 2 N–H and O–H groups in total. The summed E-state index contributed by atoms with van der Waals surface area (Å²) in [5.41, 5.74) is 2.06. The molecule has 0 aromatic carbocycles. The number of hydrogen-bond donors (Lipinski definition) is 2. The Kier molecular flexibility index (Phi) is 3.14. The molecule has 1 aromatic rings. The molecule has 0 unspecified atom stereocenters. The number of rotatable bonds is 2. The summed E-state index contributed by atoms with van der Waals surface area (Å²) in [7, 11) is 0. The summed E-state index contributed by atoms with van der Waals surface area (Å²) in [5, 5.41) is 14.1. The number of aromatic nitrogens is 2. The van der Waals surface area contributed by atoms with Crippen molar-refractivity contribution in [2.45, 2.75) is 26.3 Å². The van der Waals surface area contributed by atoms with Crippen molar-refractivity contribution < 1.29 is 4.79 Å². The van der Waals surface area contributed by atoms with E-state index in [2.05, 4.69) is 20.8 Å². The van der Waals surface area contributed by atoms with Crippen LogP contribution in [0, 0.1) is 13.8 Å². The van der Waals surface area contributed by atoms with Gasteiger partial charge < -0.3 is 10.6 Å². The van der Waals surface area contributed by atoms with E-state index in [-0.39, 0.29) is 11.9 Å². The van der Waals surface area contributed by atoms with E-state index < -0.39 is 0 Å². The van der Waals surface area contributed by atoms with Gasteiger partial charge in [-0.25, -0.2) is 0 Å². The molecular weight excluding hydrogens is 204 g/mol. The van der Waals surface area contributed by atoms with E-state index in [1.54, 1.807) is 13.0 Å². The highest BCUT2D eigenvalue weighted by atomic mass is 16.1. The normalized spacial score (nSPS) is 19.8. The Morgan fingerprint density at radius 1 is 1.50 bits per heavy atom. The molecular formula is C11H16N4O. The minimum absolute atomic E-state index is 0.0517. The number of nitrogens with one attached hydrogen (secondary N) is 2. The van der Waals surface area contributed by atoms with Crippen LogP contribution in [0.2, 0.25) is 0 Å². The molecule has 5 heteroatoms. The molecule has 1 aromatic heterocycles. The van der Waals surface area contributed by atoms with Crippen LogP contribution in [-0.4, -0.2) is 35.2 Å². The summed E-state index contributed by atoms with van der Waals surface area (Å²) < 4.78 is 0. The van der Waals surface area contributed by atoms with E-state index in [4.69, 9.17) is 0 Å². The average Bonchev–Trinajstić information content (AvgIpc) is 2.74. The van der Waals surface area contributed by atoms with Crippen LogP contribution in [0.5, 0.6) is 0 Å². The van der Waals surface area contributed by atoms with Crippen molar-refractivity contribution in [3.05, 3.63) is 23.0 Å². The number of amides is 1. The molecule has 0 spiro atoms. The van der Waals surface area contributed by atoms with Crippen molar-refractivity contribution in [1.82, 2.24) is 20.8 Å². The Morgan fingerprint density at radius 2 is 2.31 bits per heavy atom. The van der Waals surface area contributed by atoms with Gasteiger partial charge in [0.2, 0.25) is 0 Å². The van der Waals surface area contributed by atoms with Crippen LogP contribution >= 0.6 is 0 Å². The molecule has 0 saturated carbocycles. The lowest BCUT2D eigenvalue weighted by Gasteiger charge is -2.12. The second kappa shape index (κ2) is 4.57. The van der Waals surface area contributed by atoms with Gasteiger partial charge in [0.25, 0.3) is 5.91 Å². The van der Waals surface area contributed by atoms with Crippen LogP contribution in [0.15, 0.2) is 6.07 Å². The minimum Gasteiger partial charge on any atom is -0.348 e. The highest BCUT2D eigenvalue weighted by molar-refractivity contribution is 5.95. The van der Waals surface area contributed by atoms with Gasteiger partial charge in [-0.2, -0.15) is 10.2 Å². The third-order valence-electron chi connectivity index (χ3n) is 2.74. The van der Waals surface area contributed by atoms with Gasteiger partial charge in [-0.15, -0.1) is 0 Å². The zero-order chi connectivity index (χ0) is 11.5. The van der Waals surface area contributed by atoms with Crippen LogP contribution in [0.1, 0.15) is 28.2 Å². The van der Waals surface area contributed by atoms with Gasteiger partial charge in [0.15, 0.2) is 0 Å². The van der Waals surface area contributed by atoms with Crippen LogP contribution in [0.4, 0.5) is 0 Å². The molecule has 1 amide bonds. The first kappa shape index (κ1) is 11.0. The fourth-order valence-electron chi connectivity index (χ4n) is 1.82. The summed E-state index contributed by atoms with van der Waals surface area (Å²) in [6, 6.07) is 2.01. The third kappa shape index (κ3) is 2.36. The van der Waals surface area contributed by atoms with Crippen LogP contribution in [0.25, 0.3) is 0 Å². The summed E-state index contributed by atoms with van der Waals surface area (Å²) in [5.74, 6) is -0.0517. The maximum absolute atomic E-state index is 12.0. The molecule has 0 aliphatic carbocycles. The lowest BCUT2D eigenvalue weighted by molar-refractivity contribution is 0.0938. The Hall–Kier alpha value is -1.49. The van der Waals surface area contributed by atoms with Gasteiger partial charge in [0.1, 0.15) is 0 Å². The molecule has 86 valence electrons. The number of carbonyl (C=O) groups excluding carboxylic acids is 1. The fraction of sp³-hybridized carbons (Fsp3) is 0.545. The van der Waals surface area contributed by atoms with E-state index in [0.29, 0.717) is 11.3 Å². The number of carbonyl (C=O) groups is 1. The zero-order valence-electron chi connectivity index (χ0n) is 9.58. The van der Waals surface area contributed by atoms with Crippen molar-refractivity contribution in [3.8, 4) is 0 Å². The summed E-state index contributed by atoms with van der Waals surface area (Å²) in [6.07, 6.45) is 0.988. The predicted molar refractivity (Wildman–Crippen MR) is 60.2 cm³/mol. The topological polar surface area (TPSA) is 66.9 Å². The van der Waals surface area contributed by atoms with Gasteiger partial charge >= 0.3 is 0 Å². The van der Waals surface area contributed by atoms with Gasteiger partial charge in [0.05, 0.1) is 17.0 Å². The quantitative estimate of drug-likeness (QED) is 0.746. The van der Waals surface area contributed by atoms with E-state index in [9.17, 15) is 4.79 Å². The Bertz CT molecular complexity index is 399. The number of hydrogen-bond acceptors (Lipinski definition) is 4. The molecule has 0 radical (unpaired) electrons. The molecule has 5 nitrogen and oxygen atoms in total. The van der Waals surface area contributed by atoms with E-state index in [0.717, 1.165) is 25.2 Å². The van der Waals surface area contributed by atoms with E-state index in [1.807, 2.05) is 6.92 Å². The molecule has 1 saturated heterocycles. The molecule has 16 heavy (non-hydrogen) atoms. The van der Waals surface area contributed by atoms with Gasteiger partial charge in [0, 0.05) is 12.6 Å². The second-order valence-electron chi connectivity index (χ2n) is 4.15. The zero-order valence-corrected chi connectivity index (χ0v) is 9.58.